The average Bonchev–Trinajstić information content (AvgIpc) is 2.65. The third-order valence-corrected chi connectivity index (χ3v) is 4.49. The molecule has 1 aromatic rings. The number of ketones is 1. The second-order valence-corrected chi connectivity index (χ2v) is 7.73. The van der Waals surface area contributed by atoms with E-state index in [4.69, 9.17) is 9.47 Å². The van der Waals surface area contributed by atoms with Crippen molar-refractivity contribution in [1.29, 1.82) is 0 Å². The molecule has 2 N–H and O–H groups in total. The van der Waals surface area contributed by atoms with Crippen LogP contribution < -0.4 is 5.32 Å². The third kappa shape index (κ3) is 8.63. The second kappa shape index (κ2) is 11.9. The van der Waals surface area contributed by atoms with Crippen molar-refractivity contribution in [3.63, 3.8) is 0 Å². The van der Waals surface area contributed by atoms with E-state index >= 15 is 0 Å². The Balaban J connectivity index is 3.16. The number of esters is 2. The summed E-state index contributed by atoms with van der Waals surface area (Å²) in [6.07, 6.45) is -0.807. The van der Waals surface area contributed by atoms with Crippen LogP contribution in [0.15, 0.2) is 24.3 Å². The van der Waals surface area contributed by atoms with Crippen LogP contribution in [-0.4, -0.2) is 48.0 Å². The minimum absolute atomic E-state index is 0.0806. The summed E-state index contributed by atoms with van der Waals surface area (Å²) in [6, 6.07) is 5.43. The number of carbonyl (C=O) groups is 4. The number of hydrogen-bond acceptors (Lipinski definition) is 7. The molecule has 0 radical (unpaired) electrons. The molecule has 0 aliphatic heterocycles. The summed E-state index contributed by atoms with van der Waals surface area (Å²) in [6.45, 7) is 6.33. The lowest BCUT2D eigenvalue weighted by molar-refractivity contribution is -0.157. The van der Waals surface area contributed by atoms with Crippen molar-refractivity contribution in [2.75, 3.05) is 7.11 Å². The molecule has 1 amide bonds. The molecule has 0 spiro atoms. The van der Waals surface area contributed by atoms with Crippen LogP contribution in [0.5, 0.6) is 5.75 Å². The molecule has 0 aliphatic carbocycles. The zero-order valence-corrected chi connectivity index (χ0v) is 18.1. The number of ether oxygens (including phenoxy) is 2. The van der Waals surface area contributed by atoms with Crippen LogP contribution in [0.25, 0.3) is 0 Å². The molecular weight excluding hydrogens is 390 g/mol. The van der Waals surface area contributed by atoms with E-state index < -0.39 is 41.7 Å². The molecule has 3 atom stereocenters. The summed E-state index contributed by atoms with van der Waals surface area (Å²) in [5, 5.41) is 12.1. The highest BCUT2D eigenvalue weighted by atomic mass is 16.5. The molecule has 0 unspecified atom stereocenters. The Morgan fingerprint density at radius 2 is 1.67 bits per heavy atom. The summed E-state index contributed by atoms with van der Waals surface area (Å²) in [7, 11) is 1.26. The highest BCUT2D eigenvalue weighted by molar-refractivity contribution is 5.90. The van der Waals surface area contributed by atoms with Gasteiger partial charge in [-0.3, -0.25) is 19.2 Å². The van der Waals surface area contributed by atoms with Crippen molar-refractivity contribution >= 4 is 23.6 Å². The van der Waals surface area contributed by atoms with Gasteiger partial charge in [0.2, 0.25) is 5.91 Å². The van der Waals surface area contributed by atoms with Crippen LogP contribution in [0, 0.1) is 11.8 Å². The van der Waals surface area contributed by atoms with E-state index in [0.717, 1.165) is 5.56 Å². The first-order valence-electron chi connectivity index (χ1n) is 9.86. The number of carbonyl (C=O) groups excluding carboxylic acids is 4. The van der Waals surface area contributed by atoms with Crippen molar-refractivity contribution in [3.05, 3.63) is 29.8 Å². The molecule has 30 heavy (non-hydrogen) atoms. The standard InChI is InChI=1S/C22H31NO7/c1-13(2)10-17(22(28)29-5)12-20(27)21(30-15(4)25)19(23-14(3)24)11-16-6-8-18(26)9-7-16/h6-9,13,17,19,21,26H,10-12H2,1-5H3,(H,23,24)/t17-,19-,21+/m1/s1. The monoisotopic (exact) mass is 421 g/mol. The highest BCUT2D eigenvalue weighted by Gasteiger charge is 2.35. The Morgan fingerprint density at radius 1 is 1.07 bits per heavy atom. The molecule has 0 saturated heterocycles. The molecule has 1 aromatic carbocycles. The maximum absolute atomic E-state index is 13.1. The first kappa shape index (κ1) is 25.1. The van der Waals surface area contributed by atoms with Gasteiger partial charge in [-0.15, -0.1) is 0 Å². The molecule has 0 fully saturated rings. The van der Waals surface area contributed by atoms with E-state index in [9.17, 15) is 24.3 Å². The molecule has 1 rings (SSSR count). The van der Waals surface area contributed by atoms with Crippen LogP contribution in [0.3, 0.4) is 0 Å². The van der Waals surface area contributed by atoms with Gasteiger partial charge in [0.05, 0.1) is 19.1 Å². The Morgan fingerprint density at radius 3 is 2.13 bits per heavy atom. The van der Waals surface area contributed by atoms with E-state index in [0.29, 0.717) is 6.42 Å². The Bertz CT molecular complexity index is 742. The SMILES string of the molecule is COC(=O)[C@@H](CC(=O)[C@@H](OC(C)=O)[C@@H](Cc1ccc(O)cc1)NC(C)=O)CC(C)C. The number of amides is 1. The number of phenols is 1. The van der Waals surface area contributed by atoms with Crippen LogP contribution >= 0.6 is 0 Å². The number of benzene rings is 1. The molecular formula is C22H31NO7. The normalized spacial score (nSPS) is 13.8. The van der Waals surface area contributed by atoms with Crippen LogP contribution in [0.1, 0.15) is 46.1 Å². The van der Waals surface area contributed by atoms with Gasteiger partial charge in [-0.25, -0.2) is 0 Å². The lowest BCUT2D eigenvalue weighted by Gasteiger charge is -2.28. The topological polar surface area (TPSA) is 119 Å². The van der Waals surface area contributed by atoms with Crippen molar-refractivity contribution in [2.24, 2.45) is 11.8 Å². The number of nitrogens with one attached hydrogen (secondary N) is 1. The first-order chi connectivity index (χ1) is 14.0. The van der Waals surface area contributed by atoms with Crippen LogP contribution in [-0.2, 0) is 35.1 Å². The lowest BCUT2D eigenvalue weighted by atomic mass is 9.88. The molecule has 0 saturated carbocycles. The zero-order valence-electron chi connectivity index (χ0n) is 18.1. The van der Waals surface area contributed by atoms with Gasteiger partial charge in [-0.05, 0) is 36.5 Å². The molecule has 0 aliphatic rings. The van der Waals surface area contributed by atoms with Gasteiger partial charge < -0.3 is 19.9 Å². The van der Waals surface area contributed by atoms with Gasteiger partial charge in [0.15, 0.2) is 11.9 Å². The van der Waals surface area contributed by atoms with E-state index in [-0.39, 0.29) is 24.5 Å². The number of aromatic hydroxyl groups is 1. The number of Topliss-reactive ketones (excluding diaryl/α,β-unsaturated/α-hetero) is 1. The van der Waals surface area contributed by atoms with Gasteiger partial charge >= 0.3 is 11.9 Å². The van der Waals surface area contributed by atoms with Gasteiger partial charge in [0.25, 0.3) is 0 Å². The third-order valence-electron chi connectivity index (χ3n) is 4.49. The van der Waals surface area contributed by atoms with Gasteiger partial charge in [-0.2, -0.15) is 0 Å². The van der Waals surface area contributed by atoms with E-state index in [1.807, 2.05) is 13.8 Å². The van der Waals surface area contributed by atoms with E-state index in [1.165, 1.54) is 33.1 Å². The molecule has 8 nitrogen and oxygen atoms in total. The summed E-state index contributed by atoms with van der Waals surface area (Å²) >= 11 is 0. The molecule has 0 aromatic heterocycles. The fourth-order valence-electron chi connectivity index (χ4n) is 3.29. The first-order valence-corrected chi connectivity index (χ1v) is 9.86. The largest absolute Gasteiger partial charge is 0.508 e. The van der Waals surface area contributed by atoms with Crippen molar-refractivity contribution in [3.8, 4) is 5.75 Å². The predicted molar refractivity (Wildman–Crippen MR) is 110 cm³/mol. The number of phenolic OH excluding ortho intramolecular Hbond substituents is 1. The fraction of sp³-hybridized carbons (Fsp3) is 0.545. The van der Waals surface area contributed by atoms with Crippen molar-refractivity contribution in [2.45, 2.75) is 59.1 Å². The second-order valence-electron chi connectivity index (χ2n) is 7.73. The Kier molecular flexibility index (Phi) is 10.0. The molecule has 166 valence electrons. The van der Waals surface area contributed by atoms with Crippen molar-refractivity contribution < 1.29 is 33.8 Å². The minimum Gasteiger partial charge on any atom is -0.508 e. The fourth-order valence-corrected chi connectivity index (χ4v) is 3.29. The minimum atomic E-state index is -1.26. The Hall–Kier alpha value is -2.90. The molecule has 0 heterocycles. The summed E-state index contributed by atoms with van der Waals surface area (Å²) in [5.74, 6) is -2.49. The number of methoxy groups -OCH3 is 1. The van der Waals surface area contributed by atoms with Gasteiger partial charge in [0.1, 0.15) is 5.75 Å². The quantitative estimate of drug-likeness (QED) is 0.526. The van der Waals surface area contributed by atoms with Crippen molar-refractivity contribution in [1.82, 2.24) is 5.32 Å². The predicted octanol–water partition coefficient (Wildman–Crippen LogP) is 2.17. The van der Waals surface area contributed by atoms with Crippen LogP contribution in [0.4, 0.5) is 0 Å². The summed E-state index contributed by atoms with van der Waals surface area (Å²) < 4.78 is 10.1. The van der Waals surface area contributed by atoms with Gasteiger partial charge in [-0.1, -0.05) is 26.0 Å². The number of hydrogen-bond donors (Lipinski definition) is 2. The Labute approximate surface area is 176 Å². The van der Waals surface area contributed by atoms with E-state index in [2.05, 4.69) is 5.32 Å². The van der Waals surface area contributed by atoms with E-state index in [1.54, 1.807) is 12.1 Å². The zero-order chi connectivity index (χ0) is 22.8. The molecule has 8 heteroatoms. The summed E-state index contributed by atoms with van der Waals surface area (Å²) in [5.41, 5.74) is 0.725. The summed E-state index contributed by atoms with van der Waals surface area (Å²) in [4.78, 5) is 48.6. The van der Waals surface area contributed by atoms with Crippen LogP contribution in [0.2, 0.25) is 0 Å². The maximum atomic E-state index is 13.1. The van der Waals surface area contributed by atoms with Gasteiger partial charge in [0, 0.05) is 20.3 Å². The number of rotatable bonds is 11. The smallest absolute Gasteiger partial charge is 0.309 e. The molecule has 0 bridgehead atoms. The average molecular weight is 421 g/mol. The maximum Gasteiger partial charge on any atom is 0.309 e. The lowest BCUT2D eigenvalue weighted by Crippen LogP contribution is -2.50. The highest BCUT2D eigenvalue weighted by Crippen LogP contribution is 2.21.